The van der Waals surface area contributed by atoms with Crippen molar-refractivity contribution in [2.24, 2.45) is 0 Å². The largest absolute Gasteiger partial charge is 0.492 e. The maximum Gasteiger partial charge on any atom is 0.248 e. The van der Waals surface area contributed by atoms with Gasteiger partial charge in [-0.05, 0) is 25.5 Å². The number of rotatable bonds is 7. The molecule has 0 aliphatic carbocycles. The fourth-order valence-electron chi connectivity index (χ4n) is 2.07. The van der Waals surface area contributed by atoms with Crippen LogP contribution in [0.5, 0.6) is 5.75 Å². The van der Waals surface area contributed by atoms with E-state index in [0.717, 1.165) is 0 Å². The molecule has 1 heterocycles. The first-order valence-electron chi connectivity index (χ1n) is 8.28. The molecule has 2 rings (SSSR count). The lowest BCUT2D eigenvalue weighted by Gasteiger charge is -2.12. The molecule has 0 aliphatic heterocycles. The van der Waals surface area contributed by atoms with Gasteiger partial charge in [-0.15, -0.1) is 0 Å². The van der Waals surface area contributed by atoms with Crippen LogP contribution >= 0.6 is 11.6 Å². The molecule has 25 heavy (non-hydrogen) atoms. The fourth-order valence-corrected chi connectivity index (χ4v) is 2.26. The van der Waals surface area contributed by atoms with Crippen molar-refractivity contribution in [1.29, 1.82) is 0 Å². The smallest absolute Gasteiger partial charge is 0.248 e. The van der Waals surface area contributed by atoms with E-state index in [4.69, 9.17) is 20.9 Å². The summed E-state index contributed by atoms with van der Waals surface area (Å²) in [5.41, 5.74) is -0.193. The second-order valence-corrected chi connectivity index (χ2v) is 7.29. The molecule has 1 aromatic carbocycles. The number of carbonyl (C=O) groups is 1. The maximum atomic E-state index is 12.0. The highest BCUT2D eigenvalue weighted by molar-refractivity contribution is 6.32. The third-order valence-corrected chi connectivity index (χ3v) is 3.82. The zero-order chi connectivity index (χ0) is 18.4. The first kappa shape index (κ1) is 19.2. The van der Waals surface area contributed by atoms with Crippen LogP contribution in [0.1, 0.15) is 58.3 Å². The molecule has 7 heteroatoms. The van der Waals surface area contributed by atoms with E-state index in [1.807, 2.05) is 39.8 Å². The Bertz CT molecular complexity index is 710. The average Bonchev–Trinajstić information content (AvgIpc) is 3.03. The molecule has 6 nitrogen and oxygen atoms in total. The van der Waals surface area contributed by atoms with Crippen molar-refractivity contribution >= 4 is 17.5 Å². The van der Waals surface area contributed by atoms with Gasteiger partial charge in [-0.3, -0.25) is 4.79 Å². The van der Waals surface area contributed by atoms with Crippen LogP contribution in [0.25, 0.3) is 0 Å². The summed E-state index contributed by atoms with van der Waals surface area (Å²) < 4.78 is 10.8. The van der Waals surface area contributed by atoms with Gasteiger partial charge in [0.25, 0.3) is 0 Å². The van der Waals surface area contributed by atoms with E-state index < -0.39 is 0 Å². The molecule has 1 amide bonds. The lowest BCUT2D eigenvalue weighted by Crippen LogP contribution is -2.27. The minimum atomic E-state index is -0.333. The van der Waals surface area contributed by atoms with Crippen LogP contribution < -0.4 is 10.1 Å². The van der Waals surface area contributed by atoms with Gasteiger partial charge in [-0.2, -0.15) is 4.98 Å². The standard InChI is InChI=1S/C18H24ClN3O3/c1-12(16-21-17(22-25-16)18(2,3)4)20-15(23)10-7-11-24-14-9-6-5-8-13(14)19/h5-6,8-9,12H,7,10-11H2,1-4H3,(H,20,23). The van der Waals surface area contributed by atoms with Gasteiger partial charge in [0.2, 0.25) is 11.8 Å². The van der Waals surface area contributed by atoms with Crippen LogP contribution in [0.15, 0.2) is 28.8 Å². The van der Waals surface area contributed by atoms with Gasteiger partial charge in [0.1, 0.15) is 11.8 Å². The summed E-state index contributed by atoms with van der Waals surface area (Å²) in [4.78, 5) is 16.4. The summed E-state index contributed by atoms with van der Waals surface area (Å²) in [5.74, 6) is 1.56. The normalized spacial score (nSPS) is 12.7. The molecule has 0 fully saturated rings. The van der Waals surface area contributed by atoms with E-state index in [1.165, 1.54) is 0 Å². The van der Waals surface area contributed by atoms with E-state index in [0.29, 0.717) is 41.9 Å². The zero-order valence-electron chi connectivity index (χ0n) is 15.0. The van der Waals surface area contributed by atoms with Gasteiger partial charge in [0.05, 0.1) is 11.6 Å². The van der Waals surface area contributed by atoms with E-state index >= 15 is 0 Å². The first-order valence-corrected chi connectivity index (χ1v) is 8.66. The summed E-state index contributed by atoms with van der Waals surface area (Å²) in [6, 6.07) is 6.92. The predicted molar refractivity (Wildman–Crippen MR) is 95.7 cm³/mol. The molecular formula is C18H24ClN3O3. The van der Waals surface area contributed by atoms with E-state index in [-0.39, 0.29) is 17.4 Å². The molecule has 1 unspecified atom stereocenters. The Morgan fingerprint density at radius 1 is 1.36 bits per heavy atom. The molecule has 0 spiro atoms. The van der Waals surface area contributed by atoms with Crippen molar-refractivity contribution in [2.45, 2.75) is 52.0 Å². The third-order valence-electron chi connectivity index (χ3n) is 3.50. The fraction of sp³-hybridized carbons (Fsp3) is 0.500. The van der Waals surface area contributed by atoms with Crippen LogP contribution in [0.4, 0.5) is 0 Å². The molecule has 0 saturated heterocycles. The highest BCUT2D eigenvalue weighted by atomic mass is 35.5. The quantitative estimate of drug-likeness (QED) is 0.749. The first-order chi connectivity index (χ1) is 11.8. The Balaban J connectivity index is 1.74. The second kappa shape index (κ2) is 8.34. The highest BCUT2D eigenvalue weighted by Gasteiger charge is 2.23. The van der Waals surface area contributed by atoms with E-state index in [1.54, 1.807) is 12.1 Å². The van der Waals surface area contributed by atoms with E-state index in [9.17, 15) is 4.79 Å². The lowest BCUT2D eigenvalue weighted by molar-refractivity contribution is -0.122. The minimum Gasteiger partial charge on any atom is -0.492 e. The number of hydrogen-bond acceptors (Lipinski definition) is 5. The summed E-state index contributed by atoms with van der Waals surface area (Å²) >= 11 is 6.01. The molecule has 1 atom stereocenters. The summed E-state index contributed by atoms with van der Waals surface area (Å²) in [6.07, 6.45) is 0.926. The van der Waals surface area contributed by atoms with Crippen molar-refractivity contribution in [2.75, 3.05) is 6.61 Å². The number of halogens is 1. The van der Waals surface area contributed by atoms with Crippen molar-refractivity contribution in [3.05, 3.63) is 41.0 Å². The van der Waals surface area contributed by atoms with E-state index in [2.05, 4.69) is 15.5 Å². The highest BCUT2D eigenvalue weighted by Crippen LogP contribution is 2.23. The van der Waals surface area contributed by atoms with Gasteiger partial charge >= 0.3 is 0 Å². The maximum absolute atomic E-state index is 12.0. The number of benzene rings is 1. The zero-order valence-corrected chi connectivity index (χ0v) is 15.8. The number of aromatic nitrogens is 2. The van der Waals surface area contributed by atoms with Gasteiger partial charge in [-0.1, -0.05) is 49.7 Å². The Labute approximate surface area is 152 Å². The Morgan fingerprint density at radius 2 is 2.08 bits per heavy atom. The van der Waals surface area contributed by atoms with Crippen molar-refractivity contribution < 1.29 is 14.1 Å². The van der Waals surface area contributed by atoms with Crippen molar-refractivity contribution in [3.8, 4) is 5.75 Å². The topological polar surface area (TPSA) is 77.2 Å². The summed E-state index contributed by atoms with van der Waals surface area (Å²) in [5, 5.41) is 7.38. The molecule has 2 aromatic rings. The van der Waals surface area contributed by atoms with Crippen molar-refractivity contribution in [1.82, 2.24) is 15.5 Å². The SMILES string of the molecule is CC(NC(=O)CCCOc1ccccc1Cl)c1nc(C(C)(C)C)no1. The molecule has 0 aliphatic rings. The minimum absolute atomic E-state index is 0.0919. The molecule has 0 radical (unpaired) electrons. The Kier molecular flexibility index (Phi) is 6.42. The molecule has 136 valence electrons. The van der Waals surface area contributed by atoms with Crippen LogP contribution in [0.2, 0.25) is 5.02 Å². The number of para-hydroxylation sites is 1. The van der Waals surface area contributed by atoms with Gasteiger partial charge in [-0.25, -0.2) is 0 Å². The van der Waals surface area contributed by atoms with Gasteiger partial charge in [0.15, 0.2) is 5.82 Å². The number of nitrogens with zero attached hydrogens (tertiary/aromatic N) is 2. The predicted octanol–water partition coefficient (Wildman–Crippen LogP) is 4.06. The summed E-state index contributed by atoms with van der Waals surface area (Å²) in [6.45, 7) is 8.25. The molecule has 0 saturated carbocycles. The van der Waals surface area contributed by atoms with Crippen molar-refractivity contribution in [3.63, 3.8) is 0 Å². The average molecular weight is 366 g/mol. The Morgan fingerprint density at radius 3 is 2.72 bits per heavy atom. The number of hydrogen-bond donors (Lipinski definition) is 1. The second-order valence-electron chi connectivity index (χ2n) is 6.88. The van der Waals surface area contributed by atoms with Crippen LogP contribution in [-0.2, 0) is 10.2 Å². The lowest BCUT2D eigenvalue weighted by atomic mass is 9.96. The third kappa shape index (κ3) is 5.74. The number of amides is 1. The number of carbonyl (C=O) groups excluding carboxylic acids is 1. The molecule has 1 N–H and O–H groups in total. The van der Waals surface area contributed by atoms with Crippen LogP contribution in [0.3, 0.4) is 0 Å². The number of nitrogens with one attached hydrogen (secondary N) is 1. The molecule has 0 bridgehead atoms. The Hall–Kier alpha value is -2.08. The van der Waals surface area contributed by atoms with Crippen LogP contribution in [-0.4, -0.2) is 22.7 Å². The number of ether oxygens (including phenoxy) is 1. The van der Waals surface area contributed by atoms with Gasteiger partial charge < -0.3 is 14.6 Å². The van der Waals surface area contributed by atoms with Crippen LogP contribution in [0, 0.1) is 0 Å². The monoisotopic (exact) mass is 365 g/mol. The molecule has 1 aromatic heterocycles. The van der Waals surface area contributed by atoms with Gasteiger partial charge in [0, 0.05) is 11.8 Å². The molecular weight excluding hydrogens is 342 g/mol. The summed E-state index contributed by atoms with van der Waals surface area (Å²) in [7, 11) is 0.